The molecule has 1 aliphatic rings. The summed E-state index contributed by atoms with van der Waals surface area (Å²) >= 11 is 12.2. The number of hydrogen-bond acceptors (Lipinski definition) is 3. The van der Waals surface area contributed by atoms with Gasteiger partial charge in [-0.05, 0) is 18.6 Å². The van der Waals surface area contributed by atoms with Crippen molar-refractivity contribution in [2.75, 3.05) is 11.1 Å². The number of aliphatic hydroxyl groups excluding tert-OH is 1. The Kier molecular flexibility index (Phi) is 3.19. The first kappa shape index (κ1) is 12.8. The summed E-state index contributed by atoms with van der Waals surface area (Å²) in [6.07, 6.45) is 0.413. The molecule has 0 saturated heterocycles. The minimum Gasteiger partial charge on any atom is -0.399 e. The van der Waals surface area contributed by atoms with E-state index in [9.17, 15) is 5.11 Å². The number of rotatable bonds is 2. The molecule has 4 N–H and O–H groups in total. The number of halogens is 2. The van der Waals surface area contributed by atoms with Gasteiger partial charge in [0.15, 0.2) is 0 Å². The zero-order valence-corrected chi connectivity index (χ0v) is 11.3. The predicted molar refractivity (Wildman–Crippen MR) is 72.7 cm³/mol. The van der Waals surface area contributed by atoms with E-state index >= 15 is 0 Å². The number of anilines is 2. The molecule has 1 fully saturated rings. The third-order valence-corrected chi connectivity index (χ3v) is 4.20. The fraction of sp³-hybridized carbons (Fsp3) is 0.500. The monoisotopic (exact) mass is 274 g/mol. The average molecular weight is 275 g/mol. The Morgan fingerprint density at radius 2 is 1.88 bits per heavy atom. The summed E-state index contributed by atoms with van der Waals surface area (Å²) in [5.41, 5.74) is 6.70. The minimum absolute atomic E-state index is 0.163. The minimum atomic E-state index is -0.286. The summed E-state index contributed by atoms with van der Waals surface area (Å²) in [6.45, 7) is 4.02. The lowest BCUT2D eigenvalue weighted by molar-refractivity contribution is -0.0510. The molecule has 0 heterocycles. The molecule has 2 unspecified atom stereocenters. The van der Waals surface area contributed by atoms with Gasteiger partial charge in [0.2, 0.25) is 0 Å². The van der Waals surface area contributed by atoms with Crippen molar-refractivity contribution >= 4 is 34.6 Å². The van der Waals surface area contributed by atoms with E-state index in [1.54, 1.807) is 12.1 Å². The first-order valence-corrected chi connectivity index (χ1v) is 6.27. The molecular formula is C12H16Cl2N2O. The van der Waals surface area contributed by atoms with E-state index in [1.807, 2.05) is 13.8 Å². The number of benzene rings is 1. The third kappa shape index (κ3) is 2.19. The topological polar surface area (TPSA) is 58.3 Å². The molecule has 2 rings (SSSR count). The van der Waals surface area contributed by atoms with Crippen molar-refractivity contribution < 1.29 is 5.11 Å². The molecule has 1 saturated carbocycles. The van der Waals surface area contributed by atoms with Crippen molar-refractivity contribution in [2.45, 2.75) is 32.4 Å². The van der Waals surface area contributed by atoms with Gasteiger partial charge in [-0.15, -0.1) is 0 Å². The normalized spacial score (nSPS) is 26.4. The number of aliphatic hydroxyl groups is 1. The van der Waals surface area contributed by atoms with Crippen LogP contribution in [-0.2, 0) is 0 Å². The van der Waals surface area contributed by atoms with Crippen molar-refractivity contribution in [3.8, 4) is 0 Å². The maximum Gasteiger partial charge on any atom is 0.0722 e. The van der Waals surface area contributed by atoms with Crippen LogP contribution in [0.1, 0.15) is 20.3 Å². The molecule has 2 atom stereocenters. The van der Waals surface area contributed by atoms with E-state index < -0.39 is 0 Å². The number of hydrogen-bond donors (Lipinski definition) is 3. The van der Waals surface area contributed by atoms with E-state index in [0.717, 1.165) is 0 Å². The summed E-state index contributed by atoms with van der Waals surface area (Å²) in [5, 5.41) is 14.0. The summed E-state index contributed by atoms with van der Waals surface area (Å²) in [4.78, 5) is 0. The second-order valence-electron chi connectivity index (χ2n) is 5.13. The van der Waals surface area contributed by atoms with Crippen LogP contribution < -0.4 is 11.1 Å². The molecule has 17 heavy (non-hydrogen) atoms. The molecular weight excluding hydrogens is 259 g/mol. The first-order valence-electron chi connectivity index (χ1n) is 5.51. The Balaban J connectivity index is 2.21. The van der Waals surface area contributed by atoms with Crippen molar-refractivity contribution in [1.29, 1.82) is 0 Å². The van der Waals surface area contributed by atoms with Crippen LogP contribution in [0.5, 0.6) is 0 Å². The van der Waals surface area contributed by atoms with Gasteiger partial charge in [0.1, 0.15) is 0 Å². The van der Waals surface area contributed by atoms with Crippen molar-refractivity contribution in [3.05, 3.63) is 22.2 Å². The molecule has 5 heteroatoms. The second kappa shape index (κ2) is 4.23. The van der Waals surface area contributed by atoms with Gasteiger partial charge in [-0.25, -0.2) is 0 Å². The molecule has 0 aromatic heterocycles. The Labute approximate surface area is 111 Å². The predicted octanol–water partition coefficient (Wildman–Crippen LogP) is 3.15. The highest BCUT2D eigenvalue weighted by Gasteiger charge is 2.47. The van der Waals surface area contributed by atoms with Crippen molar-refractivity contribution in [1.82, 2.24) is 0 Å². The smallest absolute Gasteiger partial charge is 0.0722 e. The average Bonchev–Trinajstić information content (AvgIpc) is 2.21. The van der Waals surface area contributed by atoms with Crippen LogP contribution in [0.4, 0.5) is 11.4 Å². The van der Waals surface area contributed by atoms with E-state index in [2.05, 4.69) is 5.32 Å². The van der Waals surface area contributed by atoms with Crippen LogP contribution >= 0.6 is 23.2 Å². The van der Waals surface area contributed by atoms with Gasteiger partial charge in [0.05, 0.1) is 21.8 Å². The highest BCUT2D eigenvalue weighted by atomic mass is 35.5. The highest BCUT2D eigenvalue weighted by molar-refractivity contribution is 6.39. The number of nitrogen functional groups attached to an aromatic ring is 1. The maximum atomic E-state index is 9.68. The zero-order valence-electron chi connectivity index (χ0n) is 9.80. The molecule has 0 amide bonds. The quantitative estimate of drug-likeness (QED) is 0.727. The fourth-order valence-electron chi connectivity index (χ4n) is 2.05. The molecule has 1 aliphatic carbocycles. The van der Waals surface area contributed by atoms with E-state index in [-0.39, 0.29) is 17.6 Å². The molecule has 3 nitrogen and oxygen atoms in total. The lowest BCUT2D eigenvalue weighted by Gasteiger charge is -2.50. The first-order chi connectivity index (χ1) is 7.82. The van der Waals surface area contributed by atoms with Gasteiger partial charge in [-0.2, -0.15) is 0 Å². The Bertz CT molecular complexity index is 425. The summed E-state index contributed by atoms with van der Waals surface area (Å²) in [5.74, 6) is 0. The van der Waals surface area contributed by atoms with Gasteiger partial charge >= 0.3 is 0 Å². The lowest BCUT2D eigenvalue weighted by atomic mass is 9.64. The van der Waals surface area contributed by atoms with Crippen molar-refractivity contribution in [2.24, 2.45) is 5.41 Å². The maximum absolute atomic E-state index is 9.68. The molecule has 0 bridgehead atoms. The molecule has 0 radical (unpaired) electrons. The fourth-order valence-corrected chi connectivity index (χ4v) is 2.67. The number of nitrogens with one attached hydrogen (secondary N) is 1. The molecule has 1 aromatic rings. The Hall–Kier alpha value is -0.640. The van der Waals surface area contributed by atoms with Crippen LogP contribution in [-0.4, -0.2) is 17.3 Å². The molecule has 94 valence electrons. The van der Waals surface area contributed by atoms with Gasteiger partial charge in [-0.3, -0.25) is 0 Å². The van der Waals surface area contributed by atoms with Gasteiger partial charge < -0.3 is 16.2 Å². The van der Waals surface area contributed by atoms with E-state index in [1.165, 1.54) is 0 Å². The van der Waals surface area contributed by atoms with Crippen molar-refractivity contribution in [3.63, 3.8) is 0 Å². The van der Waals surface area contributed by atoms with Gasteiger partial charge in [0, 0.05) is 17.1 Å². The molecule has 0 spiro atoms. The SMILES string of the molecule is CC1(C)C(O)CC1Nc1c(Cl)cc(N)cc1Cl. The summed E-state index contributed by atoms with van der Waals surface area (Å²) < 4.78 is 0. The highest BCUT2D eigenvalue weighted by Crippen LogP contribution is 2.44. The standard InChI is InChI=1S/C12H16Cl2N2O/c1-12(2)9(5-10(12)17)16-11-7(13)3-6(15)4-8(11)14/h3-4,9-10,16-17H,5,15H2,1-2H3. The molecule has 1 aromatic carbocycles. The lowest BCUT2D eigenvalue weighted by Crippen LogP contribution is -2.56. The largest absolute Gasteiger partial charge is 0.399 e. The van der Waals surface area contributed by atoms with Crippen LogP contribution in [0.3, 0.4) is 0 Å². The van der Waals surface area contributed by atoms with Gasteiger partial charge in [0.25, 0.3) is 0 Å². The molecule has 0 aliphatic heterocycles. The second-order valence-corrected chi connectivity index (χ2v) is 5.94. The summed E-state index contributed by atoms with van der Waals surface area (Å²) in [6, 6.07) is 3.49. The number of nitrogens with two attached hydrogens (primary N) is 1. The van der Waals surface area contributed by atoms with Crippen LogP contribution in [0, 0.1) is 5.41 Å². The van der Waals surface area contributed by atoms with E-state index in [0.29, 0.717) is 27.8 Å². The summed E-state index contributed by atoms with van der Waals surface area (Å²) in [7, 11) is 0. The Morgan fingerprint density at radius 1 is 1.35 bits per heavy atom. The van der Waals surface area contributed by atoms with Crippen LogP contribution in [0.15, 0.2) is 12.1 Å². The van der Waals surface area contributed by atoms with Crippen LogP contribution in [0.25, 0.3) is 0 Å². The van der Waals surface area contributed by atoms with Gasteiger partial charge in [-0.1, -0.05) is 37.0 Å². The van der Waals surface area contributed by atoms with E-state index in [4.69, 9.17) is 28.9 Å². The van der Waals surface area contributed by atoms with Crippen LogP contribution in [0.2, 0.25) is 10.0 Å². The zero-order chi connectivity index (χ0) is 12.8. The third-order valence-electron chi connectivity index (χ3n) is 3.60. The Morgan fingerprint density at radius 3 is 2.29 bits per heavy atom.